The van der Waals surface area contributed by atoms with Gasteiger partial charge in [0.2, 0.25) is 5.91 Å². The summed E-state index contributed by atoms with van der Waals surface area (Å²) in [7, 11) is 1.96. The Morgan fingerprint density at radius 2 is 2.39 bits per heavy atom. The lowest BCUT2D eigenvalue weighted by Gasteiger charge is -2.21. The Morgan fingerprint density at radius 1 is 1.56 bits per heavy atom. The summed E-state index contributed by atoms with van der Waals surface area (Å²) in [4.78, 5) is 11.4. The van der Waals surface area contributed by atoms with Crippen LogP contribution >= 0.6 is 23.4 Å². The number of amides is 1. The van der Waals surface area contributed by atoms with Gasteiger partial charge in [0.05, 0.1) is 0 Å². The van der Waals surface area contributed by atoms with Gasteiger partial charge in [-0.1, -0.05) is 11.8 Å². The van der Waals surface area contributed by atoms with Crippen LogP contribution in [0, 0.1) is 0 Å². The van der Waals surface area contributed by atoms with Gasteiger partial charge in [-0.15, -0.1) is 21.8 Å². The molecule has 0 saturated carbocycles. The average Bonchev–Trinajstić information content (AvgIpc) is 2.72. The SMILES string of the molecule is Cn1c(SCCCCl)nnc1C1CCNC(=O)C1. The van der Waals surface area contributed by atoms with Crippen LogP contribution in [0.25, 0.3) is 0 Å². The largest absolute Gasteiger partial charge is 0.356 e. The van der Waals surface area contributed by atoms with Crippen molar-refractivity contribution in [1.82, 2.24) is 20.1 Å². The quantitative estimate of drug-likeness (QED) is 0.507. The van der Waals surface area contributed by atoms with Crippen molar-refractivity contribution in [3.63, 3.8) is 0 Å². The predicted molar refractivity (Wildman–Crippen MR) is 72.0 cm³/mol. The molecule has 5 nitrogen and oxygen atoms in total. The molecule has 1 atom stereocenters. The summed E-state index contributed by atoms with van der Waals surface area (Å²) in [5, 5.41) is 12.2. The molecule has 0 bridgehead atoms. The fraction of sp³-hybridized carbons (Fsp3) is 0.727. The first-order valence-electron chi connectivity index (χ1n) is 6.07. The zero-order valence-electron chi connectivity index (χ0n) is 10.4. The first kappa shape index (κ1) is 13.7. The minimum Gasteiger partial charge on any atom is -0.356 e. The smallest absolute Gasteiger partial charge is 0.220 e. The number of hydrogen-bond donors (Lipinski definition) is 1. The van der Waals surface area contributed by atoms with E-state index >= 15 is 0 Å². The lowest BCUT2D eigenvalue weighted by molar-refractivity contribution is -0.122. The van der Waals surface area contributed by atoms with Crippen LogP contribution in [0.2, 0.25) is 0 Å². The predicted octanol–water partition coefficient (Wildman–Crippen LogP) is 1.53. The highest BCUT2D eigenvalue weighted by Gasteiger charge is 2.25. The monoisotopic (exact) mass is 288 g/mol. The number of carbonyl (C=O) groups excluding carboxylic acids is 1. The molecule has 2 heterocycles. The number of hydrogen-bond acceptors (Lipinski definition) is 4. The van der Waals surface area contributed by atoms with E-state index in [0.29, 0.717) is 12.3 Å². The summed E-state index contributed by atoms with van der Waals surface area (Å²) in [6.07, 6.45) is 2.41. The van der Waals surface area contributed by atoms with Crippen molar-refractivity contribution in [1.29, 1.82) is 0 Å². The molecule has 18 heavy (non-hydrogen) atoms. The van der Waals surface area contributed by atoms with Crippen molar-refractivity contribution in [2.75, 3.05) is 18.2 Å². The van der Waals surface area contributed by atoms with Crippen LogP contribution in [0.4, 0.5) is 0 Å². The molecular formula is C11H17ClN4OS. The standard InChI is InChI=1S/C11H17ClN4OS/c1-16-10(8-3-5-13-9(17)7-8)14-15-11(16)18-6-2-4-12/h8H,2-7H2,1H3,(H,13,17). The molecular weight excluding hydrogens is 272 g/mol. The normalized spacial score (nSPS) is 19.9. The van der Waals surface area contributed by atoms with Crippen LogP contribution in [0.15, 0.2) is 5.16 Å². The van der Waals surface area contributed by atoms with E-state index in [9.17, 15) is 4.79 Å². The molecule has 1 fully saturated rings. The molecule has 7 heteroatoms. The van der Waals surface area contributed by atoms with Gasteiger partial charge in [-0.3, -0.25) is 4.79 Å². The van der Waals surface area contributed by atoms with Gasteiger partial charge in [0.15, 0.2) is 5.16 Å². The van der Waals surface area contributed by atoms with Crippen LogP contribution in [0.5, 0.6) is 0 Å². The second-order valence-corrected chi connectivity index (χ2v) is 5.77. The number of thioether (sulfide) groups is 1. The molecule has 0 spiro atoms. The Hall–Kier alpha value is -0.750. The highest BCUT2D eigenvalue weighted by Crippen LogP contribution is 2.26. The molecule has 100 valence electrons. The van der Waals surface area contributed by atoms with Crippen LogP contribution in [-0.2, 0) is 11.8 Å². The van der Waals surface area contributed by atoms with Gasteiger partial charge in [0, 0.05) is 37.6 Å². The summed E-state index contributed by atoms with van der Waals surface area (Å²) in [5.74, 6) is 2.82. The second kappa shape index (κ2) is 6.43. The summed E-state index contributed by atoms with van der Waals surface area (Å²) < 4.78 is 2.00. The van der Waals surface area contributed by atoms with E-state index in [4.69, 9.17) is 11.6 Å². The molecule has 1 N–H and O–H groups in total. The molecule has 1 unspecified atom stereocenters. The first-order valence-corrected chi connectivity index (χ1v) is 7.59. The molecule has 1 aliphatic heterocycles. The third kappa shape index (κ3) is 3.17. The number of nitrogens with one attached hydrogen (secondary N) is 1. The first-order chi connectivity index (χ1) is 8.72. The molecule has 0 aromatic carbocycles. The fourth-order valence-electron chi connectivity index (χ4n) is 2.03. The van der Waals surface area contributed by atoms with Gasteiger partial charge >= 0.3 is 0 Å². The Bertz CT molecular complexity index is 423. The van der Waals surface area contributed by atoms with Crippen LogP contribution in [0.3, 0.4) is 0 Å². The maximum Gasteiger partial charge on any atom is 0.220 e. The summed E-state index contributed by atoms with van der Waals surface area (Å²) in [6.45, 7) is 0.727. The zero-order chi connectivity index (χ0) is 13.0. The van der Waals surface area contributed by atoms with Crippen LogP contribution in [-0.4, -0.2) is 38.8 Å². The maximum atomic E-state index is 11.4. The maximum absolute atomic E-state index is 11.4. The number of halogens is 1. The molecule has 1 saturated heterocycles. The van der Waals surface area contributed by atoms with Gasteiger partial charge in [-0.2, -0.15) is 0 Å². The Balaban J connectivity index is 2.02. The number of aromatic nitrogens is 3. The van der Waals surface area contributed by atoms with Crippen molar-refractivity contribution < 1.29 is 4.79 Å². The second-order valence-electron chi connectivity index (χ2n) is 4.33. The fourth-order valence-corrected chi connectivity index (χ4v) is 3.18. The number of piperidine rings is 1. The van der Waals surface area contributed by atoms with Crippen molar-refractivity contribution in [3.8, 4) is 0 Å². The minimum absolute atomic E-state index is 0.102. The van der Waals surface area contributed by atoms with E-state index in [1.807, 2.05) is 11.6 Å². The third-order valence-corrected chi connectivity index (χ3v) is 4.36. The highest BCUT2D eigenvalue weighted by molar-refractivity contribution is 7.99. The van der Waals surface area contributed by atoms with Gasteiger partial charge in [0.25, 0.3) is 0 Å². The number of rotatable bonds is 5. The van der Waals surface area contributed by atoms with E-state index in [-0.39, 0.29) is 11.8 Å². The molecule has 1 amide bonds. The number of carbonyl (C=O) groups is 1. The molecule has 1 aromatic heterocycles. The van der Waals surface area contributed by atoms with Gasteiger partial charge in [-0.05, 0) is 12.8 Å². The molecule has 1 aliphatic rings. The zero-order valence-corrected chi connectivity index (χ0v) is 11.9. The minimum atomic E-state index is 0.102. The Labute approximate surface area is 116 Å². The van der Waals surface area contributed by atoms with Gasteiger partial charge in [-0.25, -0.2) is 0 Å². The molecule has 0 aliphatic carbocycles. The molecule has 1 aromatic rings. The average molecular weight is 289 g/mol. The molecule has 0 radical (unpaired) electrons. The van der Waals surface area contributed by atoms with Crippen molar-refractivity contribution in [2.45, 2.75) is 30.3 Å². The van der Waals surface area contributed by atoms with E-state index in [2.05, 4.69) is 15.5 Å². The Morgan fingerprint density at radius 3 is 3.11 bits per heavy atom. The lowest BCUT2D eigenvalue weighted by atomic mass is 9.97. The van der Waals surface area contributed by atoms with E-state index < -0.39 is 0 Å². The topological polar surface area (TPSA) is 59.8 Å². The van der Waals surface area contributed by atoms with E-state index in [0.717, 1.165) is 36.1 Å². The summed E-state index contributed by atoms with van der Waals surface area (Å²) in [5.41, 5.74) is 0. The third-order valence-electron chi connectivity index (χ3n) is 2.99. The lowest BCUT2D eigenvalue weighted by Crippen LogP contribution is -2.33. The van der Waals surface area contributed by atoms with Crippen molar-refractivity contribution in [2.24, 2.45) is 7.05 Å². The Kier molecular flexibility index (Phi) is 4.88. The van der Waals surface area contributed by atoms with E-state index in [1.165, 1.54) is 0 Å². The molecule has 2 rings (SSSR count). The summed E-state index contributed by atoms with van der Waals surface area (Å²) in [6, 6.07) is 0. The number of nitrogens with zero attached hydrogens (tertiary/aromatic N) is 3. The van der Waals surface area contributed by atoms with Crippen molar-refractivity contribution in [3.05, 3.63) is 5.82 Å². The number of alkyl halides is 1. The summed E-state index contributed by atoms with van der Waals surface area (Å²) >= 11 is 7.31. The van der Waals surface area contributed by atoms with Crippen LogP contribution in [0.1, 0.15) is 31.0 Å². The van der Waals surface area contributed by atoms with Gasteiger partial charge < -0.3 is 9.88 Å². The highest BCUT2D eigenvalue weighted by atomic mass is 35.5. The van der Waals surface area contributed by atoms with Crippen LogP contribution < -0.4 is 5.32 Å². The van der Waals surface area contributed by atoms with E-state index in [1.54, 1.807) is 11.8 Å². The van der Waals surface area contributed by atoms with Gasteiger partial charge in [0.1, 0.15) is 5.82 Å². The van der Waals surface area contributed by atoms with Crippen molar-refractivity contribution >= 4 is 29.3 Å².